The maximum atomic E-state index is 12.4. The number of aliphatic carboxylic acids is 1. The van der Waals surface area contributed by atoms with E-state index in [1.807, 2.05) is 4.72 Å². The van der Waals surface area contributed by atoms with Gasteiger partial charge >= 0.3 is 12.3 Å². The van der Waals surface area contributed by atoms with Gasteiger partial charge in [-0.2, -0.15) is 4.72 Å². The largest absolute Gasteiger partial charge is 0.573 e. The molecule has 6 nitrogen and oxygen atoms in total. The highest BCUT2D eigenvalue weighted by Gasteiger charge is 2.35. The van der Waals surface area contributed by atoms with Gasteiger partial charge in [-0.05, 0) is 18.1 Å². The molecule has 130 valence electrons. The molecule has 23 heavy (non-hydrogen) atoms. The zero-order valence-electron chi connectivity index (χ0n) is 12.3. The number of carbonyl (C=O) groups is 1. The third-order valence-corrected chi connectivity index (χ3v) is 4.61. The molecule has 2 atom stereocenters. The van der Waals surface area contributed by atoms with Crippen LogP contribution in [0, 0.1) is 5.92 Å². The number of alkyl halides is 3. The quantitative estimate of drug-likeness (QED) is 0.783. The van der Waals surface area contributed by atoms with Gasteiger partial charge in [0.2, 0.25) is 10.0 Å². The molecular weight excluding hydrogens is 339 g/mol. The Morgan fingerprint density at radius 2 is 1.91 bits per heavy atom. The van der Waals surface area contributed by atoms with Gasteiger partial charge in [-0.15, -0.1) is 13.2 Å². The number of halogens is 3. The van der Waals surface area contributed by atoms with Crippen LogP contribution in [0.15, 0.2) is 29.2 Å². The Morgan fingerprint density at radius 1 is 1.35 bits per heavy atom. The number of benzene rings is 1. The van der Waals surface area contributed by atoms with Crippen LogP contribution in [0.4, 0.5) is 13.2 Å². The van der Waals surface area contributed by atoms with Crippen LogP contribution in [0.1, 0.15) is 20.3 Å². The van der Waals surface area contributed by atoms with Crippen molar-refractivity contribution in [3.05, 3.63) is 24.3 Å². The minimum atomic E-state index is -5.07. The Bertz CT molecular complexity index is 660. The minimum Gasteiger partial charge on any atom is -0.480 e. The summed E-state index contributed by atoms with van der Waals surface area (Å²) in [6.07, 6.45) is -4.71. The molecule has 0 heterocycles. The van der Waals surface area contributed by atoms with Gasteiger partial charge in [-0.3, -0.25) is 4.79 Å². The summed E-state index contributed by atoms with van der Waals surface area (Å²) in [6, 6.07) is 2.64. The van der Waals surface area contributed by atoms with Crippen LogP contribution in [0.25, 0.3) is 0 Å². The molecule has 0 saturated heterocycles. The van der Waals surface area contributed by atoms with Crippen molar-refractivity contribution < 1.29 is 36.2 Å². The minimum absolute atomic E-state index is 0.361. The van der Waals surface area contributed by atoms with Crippen LogP contribution in [-0.4, -0.2) is 31.9 Å². The number of rotatable bonds is 7. The first-order valence-corrected chi connectivity index (χ1v) is 8.06. The van der Waals surface area contributed by atoms with E-state index in [0.717, 1.165) is 12.1 Å². The fourth-order valence-corrected chi connectivity index (χ4v) is 3.18. The van der Waals surface area contributed by atoms with Crippen molar-refractivity contribution in [2.24, 2.45) is 5.92 Å². The second-order valence-electron chi connectivity index (χ2n) is 4.82. The van der Waals surface area contributed by atoms with Crippen molar-refractivity contribution in [1.82, 2.24) is 4.72 Å². The summed E-state index contributed by atoms with van der Waals surface area (Å²) < 4.78 is 67.2. The zero-order valence-corrected chi connectivity index (χ0v) is 13.1. The van der Waals surface area contributed by atoms with E-state index in [9.17, 15) is 26.4 Å². The van der Waals surface area contributed by atoms with Crippen molar-refractivity contribution in [2.45, 2.75) is 37.6 Å². The topological polar surface area (TPSA) is 92.7 Å². The number of para-hydroxylation sites is 1. The number of ether oxygens (including phenoxy) is 1. The average molecular weight is 355 g/mol. The normalized spacial score (nSPS) is 15.0. The number of nitrogens with one attached hydrogen (secondary N) is 1. The summed E-state index contributed by atoms with van der Waals surface area (Å²) in [5, 5.41) is 9.10. The van der Waals surface area contributed by atoms with Gasteiger partial charge in [-0.1, -0.05) is 32.4 Å². The van der Waals surface area contributed by atoms with Crippen molar-refractivity contribution in [1.29, 1.82) is 0 Å². The van der Waals surface area contributed by atoms with E-state index in [-0.39, 0.29) is 0 Å². The van der Waals surface area contributed by atoms with Crippen LogP contribution < -0.4 is 9.46 Å². The van der Waals surface area contributed by atoms with E-state index in [1.54, 1.807) is 6.92 Å². The van der Waals surface area contributed by atoms with Gasteiger partial charge in [0, 0.05) is 0 Å². The third kappa shape index (κ3) is 5.39. The molecule has 1 aromatic rings. The van der Waals surface area contributed by atoms with Gasteiger partial charge in [0.1, 0.15) is 16.7 Å². The summed E-state index contributed by atoms with van der Waals surface area (Å²) in [4.78, 5) is 10.4. The van der Waals surface area contributed by atoms with Crippen LogP contribution >= 0.6 is 0 Å². The Kier molecular flexibility index (Phi) is 6.00. The molecule has 0 fully saturated rings. The number of hydrogen-bond donors (Lipinski definition) is 2. The van der Waals surface area contributed by atoms with Gasteiger partial charge in [0.25, 0.3) is 0 Å². The molecule has 10 heteroatoms. The molecular formula is C13H16F3NO5S. The summed E-state index contributed by atoms with van der Waals surface area (Å²) in [5.41, 5.74) is 0. The molecule has 0 radical (unpaired) electrons. The Morgan fingerprint density at radius 3 is 2.39 bits per heavy atom. The fourth-order valence-electron chi connectivity index (χ4n) is 1.76. The first kappa shape index (κ1) is 19.2. The number of sulfonamides is 1. The van der Waals surface area contributed by atoms with E-state index in [2.05, 4.69) is 4.74 Å². The molecule has 0 amide bonds. The highest BCUT2D eigenvalue weighted by Crippen LogP contribution is 2.29. The summed E-state index contributed by atoms with van der Waals surface area (Å²) in [7, 11) is -4.52. The van der Waals surface area contributed by atoms with Crippen LogP contribution in [0.5, 0.6) is 5.75 Å². The monoisotopic (exact) mass is 355 g/mol. The molecule has 0 saturated carbocycles. The van der Waals surface area contributed by atoms with Crippen molar-refractivity contribution in [3.8, 4) is 5.75 Å². The predicted molar refractivity (Wildman–Crippen MR) is 74.3 cm³/mol. The lowest BCUT2D eigenvalue weighted by Gasteiger charge is -2.21. The highest BCUT2D eigenvalue weighted by molar-refractivity contribution is 7.89. The smallest absolute Gasteiger partial charge is 0.480 e. The maximum absolute atomic E-state index is 12.4. The van der Waals surface area contributed by atoms with Gasteiger partial charge in [-0.25, -0.2) is 8.42 Å². The number of carboxylic acids is 1. The van der Waals surface area contributed by atoms with Crippen LogP contribution in [-0.2, 0) is 14.8 Å². The van der Waals surface area contributed by atoms with Crippen LogP contribution in [0.3, 0.4) is 0 Å². The van der Waals surface area contributed by atoms with E-state index < -0.39 is 45.0 Å². The molecule has 0 spiro atoms. The average Bonchev–Trinajstić information content (AvgIpc) is 2.42. The molecule has 0 bridgehead atoms. The SMILES string of the molecule is CC[C@H](C)[C@H](NS(=O)(=O)c1ccccc1OC(F)(F)F)C(=O)O. The Hall–Kier alpha value is -1.81. The third-order valence-electron chi connectivity index (χ3n) is 3.13. The van der Waals surface area contributed by atoms with Gasteiger partial charge in [0.15, 0.2) is 0 Å². The lowest BCUT2D eigenvalue weighted by molar-refractivity contribution is -0.275. The predicted octanol–water partition coefficient (Wildman–Crippen LogP) is 2.36. The van der Waals surface area contributed by atoms with E-state index in [0.29, 0.717) is 6.42 Å². The van der Waals surface area contributed by atoms with Gasteiger partial charge < -0.3 is 9.84 Å². The lowest BCUT2D eigenvalue weighted by atomic mass is 10.0. The number of carboxylic acid groups (broad SMARTS) is 1. The molecule has 2 N–H and O–H groups in total. The highest BCUT2D eigenvalue weighted by atomic mass is 32.2. The lowest BCUT2D eigenvalue weighted by Crippen LogP contribution is -2.45. The first-order valence-electron chi connectivity index (χ1n) is 6.58. The van der Waals surface area contributed by atoms with Crippen LogP contribution in [0.2, 0.25) is 0 Å². The Labute approximate surface area is 131 Å². The molecule has 0 aliphatic heterocycles. The van der Waals surface area contributed by atoms with E-state index >= 15 is 0 Å². The second kappa shape index (κ2) is 7.18. The zero-order chi connectivity index (χ0) is 17.8. The van der Waals surface area contributed by atoms with Crippen molar-refractivity contribution >= 4 is 16.0 Å². The summed E-state index contributed by atoms with van der Waals surface area (Å²) >= 11 is 0. The Balaban J connectivity index is 3.21. The molecule has 0 aliphatic carbocycles. The summed E-state index contributed by atoms with van der Waals surface area (Å²) in [5.74, 6) is -2.91. The standard InChI is InChI=1S/C13H16F3NO5S/c1-3-8(2)11(12(18)19)17-23(20,21)10-7-5-4-6-9(10)22-13(14,15)16/h4-8,11,17H,3H2,1-2H3,(H,18,19)/t8-,11-/m0/s1. The maximum Gasteiger partial charge on any atom is 0.573 e. The summed E-state index contributed by atoms with van der Waals surface area (Å²) in [6.45, 7) is 3.18. The first-order chi connectivity index (χ1) is 10.5. The molecule has 1 aromatic carbocycles. The van der Waals surface area contributed by atoms with E-state index in [4.69, 9.17) is 5.11 Å². The van der Waals surface area contributed by atoms with Crippen molar-refractivity contribution in [2.75, 3.05) is 0 Å². The molecule has 1 rings (SSSR count). The van der Waals surface area contributed by atoms with Gasteiger partial charge in [0.05, 0.1) is 0 Å². The fraction of sp³-hybridized carbons (Fsp3) is 0.462. The second-order valence-corrected chi connectivity index (χ2v) is 6.50. The molecule has 0 unspecified atom stereocenters. The van der Waals surface area contributed by atoms with E-state index in [1.165, 1.54) is 19.1 Å². The molecule has 0 aromatic heterocycles. The number of hydrogen-bond acceptors (Lipinski definition) is 4. The van der Waals surface area contributed by atoms with Crippen molar-refractivity contribution in [3.63, 3.8) is 0 Å². The molecule has 0 aliphatic rings.